The molecule has 102 valence electrons. The molecule has 0 atom stereocenters. The van der Waals surface area contributed by atoms with Crippen LogP contribution in [-0.2, 0) is 0 Å². The molecule has 0 bridgehead atoms. The number of benzene rings is 2. The average molecular weight is 275 g/mol. The number of aryl methyl sites for hydroxylation is 1. The lowest BCUT2D eigenvalue weighted by Crippen LogP contribution is -2.13. The molecule has 3 aromatic rings. The molecule has 1 aromatic heterocycles. The highest BCUT2D eigenvalue weighted by atomic mass is 16.1. The maximum absolute atomic E-state index is 12.5. The number of para-hydroxylation sites is 2. The third kappa shape index (κ3) is 2.26. The largest absolute Gasteiger partial charge is 0.358 e. The Hall–Kier alpha value is -3.06. The lowest BCUT2D eigenvalue weighted by Gasteiger charge is -2.07. The van der Waals surface area contributed by atoms with E-state index in [2.05, 4.69) is 16.4 Å². The Labute approximate surface area is 122 Å². The van der Waals surface area contributed by atoms with Crippen LogP contribution in [0.5, 0.6) is 0 Å². The third-order valence-corrected chi connectivity index (χ3v) is 3.42. The Morgan fingerprint density at radius 3 is 2.67 bits per heavy atom. The minimum absolute atomic E-state index is 0.215. The first kappa shape index (κ1) is 12.9. The fourth-order valence-corrected chi connectivity index (χ4v) is 2.44. The number of aromatic amines is 1. The van der Waals surface area contributed by atoms with E-state index in [0.717, 1.165) is 16.6 Å². The van der Waals surface area contributed by atoms with Crippen molar-refractivity contribution in [3.05, 3.63) is 65.4 Å². The van der Waals surface area contributed by atoms with Crippen LogP contribution in [0.1, 0.15) is 21.6 Å². The number of carbonyl (C=O) groups excluding carboxylic acids is 1. The van der Waals surface area contributed by atoms with Crippen molar-refractivity contribution in [2.45, 2.75) is 6.92 Å². The molecule has 1 heterocycles. The van der Waals surface area contributed by atoms with Gasteiger partial charge in [-0.2, -0.15) is 5.26 Å². The number of nitrogens with one attached hydrogen (secondary N) is 2. The molecule has 0 unspecified atom stereocenters. The molecule has 0 aliphatic heterocycles. The first-order chi connectivity index (χ1) is 10.2. The van der Waals surface area contributed by atoms with Gasteiger partial charge in [0.25, 0.3) is 5.91 Å². The summed E-state index contributed by atoms with van der Waals surface area (Å²) in [7, 11) is 0. The first-order valence-corrected chi connectivity index (χ1v) is 6.58. The van der Waals surface area contributed by atoms with Crippen LogP contribution in [0.25, 0.3) is 10.9 Å². The zero-order valence-electron chi connectivity index (χ0n) is 11.5. The van der Waals surface area contributed by atoms with Gasteiger partial charge in [-0.05, 0) is 25.1 Å². The Kier molecular flexibility index (Phi) is 3.17. The number of H-pyrrole nitrogens is 1. The van der Waals surface area contributed by atoms with Crippen molar-refractivity contribution in [3.8, 4) is 6.07 Å². The number of nitriles is 1. The predicted molar refractivity (Wildman–Crippen MR) is 82.1 cm³/mol. The van der Waals surface area contributed by atoms with Crippen LogP contribution < -0.4 is 5.32 Å². The average Bonchev–Trinajstić information content (AvgIpc) is 2.83. The Bertz CT molecular complexity index is 871. The molecule has 2 aromatic carbocycles. The highest BCUT2D eigenvalue weighted by molar-refractivity contribution is 6.14. The summed E-state index contributed by atoms with van der Waals surface area (Å²) in [5.41, 5.74) is 3.31. The second kappa shape index (κ2) is 5.14. The molecule has 3 rings (SSSR count). The van der Waals surface area contributed by atoms with Gasteiger partial charge in [0.1, 0.15) is 6.07 Å². The van der Waals surface area contributed by atoms with Crippen molar-refractivity contribution in [1.82, 2.24) is 4.98 Å². The van der Waals surface area contributed by atoms with Gasteiger partial charge in [0.2, 0.25) is 0 Å². The lowest BCUT2D eigenvalue weighted by atomic mass is 10.1. The second-order valence-corrected chi connectivity index (χ2v) is 4.78. The summed E-state index contributed by atoms with van der Waals surface area (Å²) in [6, 6.07) is 16.7. The van der Waals surface area contributed by atoms with Crippen molar-refractivity contribution in [2.24, 2.45) is 0 Å². The zero-order valence-corrected chi connectivity index (χ0v) is 11.5. The minimum atomic E-state index is -0.215. The van der Waals surface area contributed by atoms with Crippen molar-refractivity contribution in [3.63, 3.8) is 0 Å². The van der Waals surface area contributed by atoms with Crippen LogP contribution >= 0.6 is 0 Å². The van der Waals surface area contributed by atoms with Gasteiger partial charge in [-0.25, -0.2) is 0 Å². The van der Waals surface area contributed by atoms with Gasteiger partial charge in [0.15, 0.2) is 0 Å². The van der Waals surface area contributed by atoms with E-state index in [-0.39, 0.29) is 5.91 Å². The fraction of sp³-hybridized carbons (Fsp3) is 0.0588. The maximum Gasteiger partial charge on any atom is 0.258 e. The summed E-state index contributed by atoms with van der Waals surface area (Å²) in [6.07, 6.45) is 0. The molecule has 0 spiro atoms. The molecule has 0 aliphatic rings. The van der Waals surface area contributed by atoms with Crippen LogP contribution in [0, 0.1) is 18.3 Å². The van der Waals surface area contributed by atoms with Crippen molar-refractivity contribution < 1.29 is 4.79 Å². The third-order valence-electron chi connectivity index (χ3n) is 3.42. The van der Waals surface area contributed by atoms with Crippen molar-refractivity contribution in [2.75, 3.05) is 5.32 Å². The standard InChI is InChI=1S/C17H13N3O/c1-11-16(13-7-3-5-9-15(13)19-11)17(21)20-14-8-4-2-6-12(14)10-18/h2-9,19H,1H3,(H,20,21). The Morgan fingerprint density at radius 1 is 1.14 bits per heavy atom. The van der Waals surface area contributed by atoms with Crippen LogP contribution in [0.2, 0.25) is 0 Å². The number of hydrogen-bond donors (Lipinski definition) is 2. The number of carbonyl (C=O) groups is 1. The predicted octanol–water partition coefficient (Wildman–Crippen LogP) is 3.60. The van der Waals surface area contributed by atoms with E-state index in [0.29, 0.717) is 16.8 Å². The first-order valence-electron chi connectivity index (χ1n) is 6.58. The number of fused-ring (bicyclic) bond motifs is 1. The molecule has 4 heteroatoms. The highest BCUT2D eigenvalue weighted by Crippen LogP contribution is 2.23. The summed E-state index contributed by atoms with van der Waals surface area (Å²) < 4.78 is 0. The van der Waals surface area contributed by atoms with Crippen LogP contribution in [0.15, 0.2) is 48.5 Å². The monoisotopic (exact) mass is 275 g/mol. The summed E-state index contributed by atoms with van der Waals surface area (Å²) in [5.74, 6) is -0.215. The molecule has 21 heavy (non-hydrogen) atoms. The van der Waals surface area contributed by atoms with Gasteiger partial charge < -0.3 is 10.3 Å². The van der Waals surface area contributed by atoms with Gasteiger partial charge in [0.05, 0.1) is 16.8 Å². The summed E-state index contributed by atoms with van der Waals surface area (Å²) in [6.45, 7) is 1.87. The number of anilines is 1. The summed E-state index contributed by atoms with van der Waals surface area (Å²) in [5, 5.41) is 12.8. The molecule has 4 nitrogen and oxygen atoms in total. The maximum atomic E-state index is 12.5. The van der Waals surface area contributed by atoms with E-state index in [4.69, 9.17) is 5.26 Å². The lowest BCUT2D eigenvalue weighted by molar-refractivity contribution is 0.102. The fourth-order valence-electron chi connectivity index (χ4n) is 2.44. The molecule has 0 radical (unpaired) electrons. The number of amides is 1. The molecular formula is C17H13N3O. The van der Waals surface area contributed by atoms with Crippen molar-refractivity contribution in [1.29, 1.82) is 5.26 Å². The van der Waals surface area contributed by atoms with Gasteiger partial charge in [0, 0.05) is 16.6 Å². The molecular weight excluding hydrogens is 262 g/mol. The SMILES string of the molecule is Cc1[nH]c2ccccc2c1C(=O)Nc1ccccc1C#N. The molecule has 0 saturated heterocycles. The van der Waals surface area contributed by atoms with E-state index in [1.165, 1.54) is 0 Å². The van der Waals surface area contributed by atoms with Gasteiger partial charge in [-0.3, -0.25) is 4.79 Å². The smallest absolute Gasteiger partial charge is 0.258 e. The highest BCUT2D eigenvalue weighted by Gasteiger charge is 2.16. The summed E-state index contributed by atoms with van der Waals surface area (Å²) >= 11 is 0. The zero-order chi connectivity index (χ0) is 14.8. The van der Waals surface area contributed by atoms with E-state index in [1.807, 2.05) is 31.2 Å². The molecule has 0 aliphatic carbocycles. The number of nitrogens with zero attached hydrogens (tertiary/aromatic N) is 1. The van der Waals surface area contributed by atoms with Crippen LogP contribution in [0.3, 0.4) is 0 Å². The topological polar surface area (TPSA) is 68.7 Å². The van der Waals surface area contributed by atoms with Crippen LogP contribution in [0.4, 0.5) is 5.69 Å². The normalized spacial score (nSPS) is 10.3. The number of hydrogen-bond acceptors (Lipinski definition) is 2. The van der Waals surface area contributed by atoms with E-state index >= 15 is 0 Å². The molecule has 0 fully saturated rings. The second-order valence-electron chi connectivity index (χ2n) is 4.78. The Balaban J connectivity index is 2.02. The van der Waals surface area contributed by atoms with Gasteiger partial charge in [-0.15, -0.1) is 0 Å². The quantitative estimate of drug-likeness (QED) is 0.750. The molecule has 1 amide bonds. The number of rotatable bonds is 2. The molecule has 2 N–H and O–H groups in total. The Morgan fingerprint density at radius 2 is 1.86 bits per heavy atom. The van der Waals surface area contributed by atoms with E-state index in [1.54, 1.807) is 24.3 Å². The molecule has 0 saturated carbocycles. The number of aromatic nitrogens is 1. The van der Waals surface area contributed by atoms with Crippen LogP contribution in [-0.4, -0.2) is 10.9 Å². The summed E-state index contributed by atoms with van der Waals surface area (Å²) in [4.78, 5) is 15.7. The van der Waals surface area contributed by atoms with E-state index in [9.17, 15) is 4.79 Å². The van der Waals surface area contributed by atoms with Gasteiger partial charge >= 0.3 is 0 Å². The van der Waals surface area contributed by atoms with Crippen molar-refractivity contribution >= 4 is 22.5 Å². The van der Waals surface area contributed by atoms with Gasteiger partial charge in [-0.1, -0.05) is 30.3 Å². The minimum Gasteiger partial charge on any atom is -0.358 e. The van der Waals surface area contributed by atoms with E-state index < -0.39 is 0 Å².